The molecule has 0 saturated carbocycles. The molecule has 8 heteroatoms. The van der Waals surface area contributed by atoms with E-state index < -0.39 is 0 Å². The van der Waals surface area contributed by atoms with Crippen molar-refractivity contribution in [2.45, 2.75) is 33.1 Å². The van der Waals surface area contributed by atoms with Gasteiger partial charge in [0.05, 0.1) is 12.8 Å². The Morgan fingerprint density at radius 2 is 1.97 bits per heavy atom. The molecule has 1 aliphatic rings. The van der Waals surface area contributed by atoms with Crippen LogP contribution in [0.2, 0.25) is 0 Å². The first-order valence-electron chi connectivity index (χ1n) is 11.8. The summed E-state index contributed by atoms with van der Waals surface area (Å²) in [6, 6.07) is 5.72. The van der Waals surface area contributed by atoms with E-state index in [0.29, 0.717) is 29.1 Å². The number of benzene rings is 1. The highest BCUT2D eigenvalue weighted by molar-refractivity contribution is 6.06. The third-order valence-corrected chi connectivity index (χ3v) is 5.94. The van der Waals surface area contributed by atoms with E-state index in [-0.39, 0.29) is 17.7 Å². The summed E-state index contributed by atoms with van der Waals surface area (Å²) < 4.78 is 5.57. The Kier molecular flexibility index (Phi) is 10.8. The van der Waals surface area contributed by atoms with E-state index >= 15 is 0 Å². The number of nitrogens with zero attached hydrogens (tertiary/aromatic N) is 1. The largest absolute Gasteiger partial charge is 0.494 e. The first-order valence-corrected chi connectivity index (χ1v) is 11.8. The molecule has 1 fully saturated rings. The van der Waals surface area contributed by atoms with Gasteiger partial charge >= 0.3 is 0 Å². The first kappa shape index (κ1) is 27.4. The third kappa shape index (κ3) is 7.88. The quantitative estimate of drug-likeness (QED) is 0.230. The number of piperidine rings is 1. The molecule has 1 heterocycles. The van der Waals surface area contributed by atoms with Crippen molar-refractivity contribution in [3.8, 4) is 5.75 Å². The maximum Gasteiger partial charge on any atom is 0.255 e. The van der Waals surface area contributed by atoms with E-state index in [9.17, 15) is 9.59 Å². The van der Waals surface area contributed by atoms with Gasteiger partial charge in [-0.15, -0.1) is 0 Å². The number of allylic oxidation sites excluding steroid dienone is 5. The van der Waals surface area contributed by atoms with Gasteiger partial charge in [0.1, 0.15) is 5.75 Å². The molecule has 0 aromatic heterocycles. The molecule has 0 atom stereocenters. The van der Waals surface area contributed by atoms with E-state index in [1.807, 2.05) is 38.1 Å². The molecule has 2 rings (SSSR count). The molecule has 0 radical (unpaired) electrons. The predicted octanol–water partition coefficient (Wildman–Crippen LogP) is 3.93. The molecule has 0 spiro atoms. The normalized spacial score (nSPS) is 15.8. The summed E-state index contributed by atoms with van der Waals surface area (Å²) >= 11 is 0. The van der Waals surface area contributed by atoms with E-state index in [4.69, 9.17) is 15.9 Å². The number of nitrogens with two attached hydrogens (primary N) is 1. The van der Waals surface area contributed by atoms with Gasteiger partial charge in [0.15, 0.2) is 0 Å². The van der Waals surface area contributed by atoms with Crippen molar-refractivity contribution in [3.63, 3.8) is 0 Å². The summed E-state index contributed by atoms with van der Waals surface area (Å²) in [5, 5.41) is 12.8. The van der Waals surface area contributed by atoms with Crippen molar-refractivity contribution in [1.29, 1.82) is 5.41 Å². The highest BCUT2D eigenvalue weighted by Crippen LogP contribution is 2.32. The fourth-order valence-electron chi connectivity index (χ4n) is 3.85. The number of hydrogen-bond acceptors (Lipinski definition) is 6. The number of anilines is 2. The molecule has 0 unspecified atom stereocenters. The number of carbonyl (C=O) groups excluding carboxylic acids is 2. The second-order valence-electron chi connectivity index (χ2n) is 8.28. The predicted molar refractivity (Wildman–Crippen MR) is 143 cm³/mol. The molecule has 0 bridgehead atoms. The van der Waals surface area contributed by atoms with Gasteiger partial charge in [-0.1, -0.05) is 25.2 Å². The number of carbonyl (C=O) groups is 2. The van der Waals surface area contributed by atoms with Gasteiger partial charge in [-0.3, -0.25) is 9.59 Å². The van der Waals surface area contributed by atoms with Crippen molar-refractivity contribution in [3.05, 3.63) is 65.4 Å². The average molecular weight is 480 g/mol. The van der Waals surface area contributed by atoms with Crippen LogP contribution >= 0.6 is 0 Å². The Hall–Kier alpha value is -3.81. The Labute approximate surface area is 208 Å². The highest BCUT2D eigenvalue weighted by Gasteiger charge is 2.24. The Balaban J connectivity index is 2.12. The summed E-state index contributed by atoms with van der Waals surface area (Å²) in [6.45, 7) is 5.38. The lowest BCUT2D eigenvalue weighted by atomic mass is 9.95. The summed E-state index contributed by atoms with van der Waals surface area (Å²) in [6.07, 6.45) is 12.1. The maximum atomic E-state index is 13.0. The van der Waals surface area contributed by atoms with Crippen molar-refractivity contribution in [1.82, 2.24) is 5.32 Å². The second-order valence-corrected chi connectivity index (χ2v) is 8.28. The zero-order chi connectivity index (χ0) is 25.8. The lowest BCUT2D eigenvalue weighted by Gasteiger charge is -2.33. The summed E-state index contributed by atoms with van der Waals surface area (Å²) in [7, 11) is 3.25. The fourth-order valence-corrected chi connectivity index (χ4v) is 3.85. The molecule has 1 saturated heterocycles. The highest BCUT2D eigenvalue weighted by atomic mass is 16.5. The van der Waals surface area contributed by atoms with Crippen LogP contribution in [0.5, 0.6) is 5.75 Å². The van der Waals surface area contributed by atoms with Crippen LogP contribution in [0.25, 0.3) is 0 Å². The lowest BCUT2D eigenvalue weighted by Crippen LogP contribution is -2.39. The summed E-state index contributed by atoms with van der Waals surface area (Å²) in [4.78, 5) is 27.1. The minimum absolute atomic E-state index is 0.0515. The van der Waals surface area contributed by atoms with Crippen LogP contribution in [0.4, 0.5) is 11.4 Å². The van der Waals surface area contributed by atoms with Crippen LogP contribution in [-0.2, 0) is 9.59 Å². The van der Waals surface area contributed by atoms with E-state index in [0.717, 1.165) is 43.4 Å². The maximum absolute atomic E-state index is 13.0. The summed E-state index contributed by atoms with van der Waals surface area (Å²) in [5.74, 6) is 0.483. The Morgan fingerprint density at radius 3 is 2.57 bits per heavy atom. The first-order chi connectivity index (χ1) is 16.8. The van der Waals surface area contributed by atoms with Crippen LogP contribution in [0.15, 0.2) is 65.4 Å². The molecular weight excluding hydrogens is 442 g/mol. The minimum atomic E-state index is -0.241. The number of nitrogens with one attached hydrogen (secondary N) is 3. The number of hydrogen-bond donors (Lipinski definition) is 4. The molecule has 5 N–H and O–H groups in total. The summed E-state index contributed by atoms with van der Waals surface area (Å²) in [5.41, 5.74) is 9.27. The number of methoxy groups -OCH3 is 1. The third-order valence-electron chi connectivity index (χ3n) is 5.94. The standard InChI is InChI=1S/C27H37N5O3/c1-5-7-20(9-6-8-19(2)23(29)12-15-28)27(34)31-24-11-10-22(18-25(24)35-4)32-16-13-21(14-17-32)26(33)30-3/h6-12,15,18,21,28H,5,13-14,16-17,29H2,1-4H3,(H,30,33)(H,31,34)/b9-6-,19-8+,20-7-,23-12-,28-15?. The molecule has 35 heavy (non-hydrogen) atoms. The van der Waals surface area contributed by atoms with Gasteiger partial charge in [-0.05, 0) is 56.0 Å². The van der Waals surface area contributed by atoms with Crippen LogP contribution in [0, 0.1) is 11.3 Å². The van der Waals surface area contributed by atoms with Crippen molar-refractivity contribution in [2.24, 2.45) is 11.7 Å². The topological polar surface area (TPSA) is 121 Å². The second kappa shape index (κ2) is 13.8. The van der Waals surface area contributed by atoms with Gasteiger partial charge in [0, 0.05) is 55.3 Å². The molecule has 1 aromatic carbocycles. The average Bonchev–Trinajstić information content (AvgIpc) is 2.87. The smallest absolute Gasteiger partial charge is 0.255 e. The number of ether oxygens (including phenoxy) is 1. The van der Waals surface area contributed by atoms with E-state index in [1.165, 1.54) is 6.08 Å². The van der Waals surface area contributed by atoms with Crippen LogP contribution in [-0.4, -0.2) is 45.3 Å². The van der Waals surface area contributed by atoms with Gasteiger partial charge < -0.3 is 31.4 Å². The van der Waals surface area contributed by atoms with Crippen molar-refractivity contribution in [2.75, 3.05) is 37.5 Å². The molecule has 1 aliphatic heterocycles. The lowest BCUT2D eigenvalue weighted by molar-refractivity contribution is -0.125. The van der Waals surface area contributed by atoms with Gasteiger partial charge in [0.2, 0.25) is 5.91 Å². The van der Waals surface area contributed by atoms with Gasteiger partial charge in [-0.2, -0.15) is 0 Å². The number of amides is 2. The minimum Gasteiger partial charge on any atom is -0.494 e. The van der Waals surface area contributed by atoms with Crippen molar-refractivity contribution >= 4 is 29.4 Å². The molecule has 2 amide bonds. The van der Waals surface area contributed by atoms with E-state index in [2.05, 4.69) is 15.5 Å². The Bertz CT molecular complexity index is 1030. The Morgan fingerprint density at radius 1 is 1.26 bits per heavy atom. The molecular formula is C27H37N5O3. The molecule has 1 aromatic rings. The fraction of sp³-hybridized carbons (Fsp3) is 0.370. The molecule has 0 aliphatic carbocycles. The van der Waals surface area contributed by atoms with Crippen LogP contribution in [0.3, 0.4) is 0 Å². The van der Waals surface area contributed by atoms with Gasteiger partial charge in [-0.25, -0.2) is 0 Å². The van der Waals surface area contributed by atoms with Gasteiger partial charge in [0.25, 0.3) is 5.91 Å². The monoisotopic (exact) mass is 479 g/mol. The van der Waals surface area contributed by atoms with E-state index in [1.54, 1.807) is 32.4 Å². The number of rotatable bonds is 10. The molecule has 188 valence electrons. The van der Waals surface area contributed by atoms with Crippen LogP contribution in [0.1, 0.15) is 33.1 Å². The van der Waals surface area contributed by atoms with Crippen molar-refractivity contribution < 1.29 is 14.3 Å². The zero-order valence-electron chi connectivity index (χ0n) is 21.1. The SMILES string of the molecule is CC/C=C(/C=C\C=C(C)\C(N)=C\C=N)C(=O)Nc1ccc(N2CCC(C(=O)NC)CC2)cc1OC. The molecule has 8 nitrogen and oxygen atoms in total. The van der Waals surface area contributed by atoms with Crippen LogP contribution < -0.4 is 26.0 Å². The zero-order valence-corrected chi connectivity index (χ0v) is 21.1.